The van der Waals surface area contributed by atoms with Gasteiger partial charge in [-0.05, 0) is 18.6 Å². The number of nitrogens with zero attached hydrogens (tertiary/aromatic N) is 2. The van der Waals surface area contributed by atoms with Gasteiger partial charge < -0.3 is 5.73 Å². The lowest BCUT2D eigenvalue weighted by molar-refractivity contribution is 0.572. The van der Waals surface area contributed by atoms with E-state index in [-0.39, 0.29) is 17.1 Å². The Hall–Kier alpha value is -1.46. The third kappa shape index (κ3) is 3.52. The van der Waals surface area contributed by atoms with E-state index in [0.717, 1.165) is 6.42 Å². The molecule has 0 bridgehead atoms. The van der Waals surface area contributed by atoms with Crippen LogP contribution >= 0.6 is 11.8 Å². The average molecular weight is 277 g/mol. The summed E-state index contributed by atoms with van der Waals surface area (Å²) in [5.74, 6) is -0.236. The van der Waals surface area contributed by atoms with E-state index in [2.05, 4.69) is 9.97 Å². The van der Waals surface area contributed by atoms with Crippen molar-refractivity contribution in [2.24, 2.45) is 5.73 Å². The lowest BCUT2D eigenvalue weighted by atomic mass is 10.0. The number of thioether (sulfide) groups is 1. The molecule has 0 spiro atoms. The van der Waals surface area contributed by atoms with Gasteiger partial charge in [0.15, 0.2) is 5.16 Å². The maximum Gasteiger partial charge on any atom is 0.188 e. The van der Waals surface area contributed by atoms with Crippen molar-refractivity contribution in [1.29, 1.82) is 0 Å². The minimum absolute atomic E-state index is 0.147. The first-order valence-corrected chi connectivity index (χ1v) is 7.04. The van der Waals surface area contributed by atoms with Gasteiger partial charge in [-0.2, -0.15) is 0 Å². The molecule has 1 aromatic carbocycles. The van der Waals surface area contributed by atoms with Crippen LogP contribution in [0.15, 0.2) is 47.9 Å². The molecule has 19 heavy (non-hydrogen) atoms. The van der Waals surface area contributed by atoms with Crippen molar-refractivity contribution >= 4 is 11.8 Å². The SMILES string of the molecule is CCC(N)C(Sc1ncccn1)c1ccccc1F. The molecule has 2 rings (SSSR count). The zero-order valence-corrected chi connectivity index (χ0v) is 11.5. The van der Waals surface area contributed by atoms with Gasteiger partial charge in [0.05, 0.1) is 5.25 Å². The predicted octanol–water partition coefficient (Wildman–Crippen LogP) is 3.19. The number of aromatic nitrogens is 2. The molecule has 3 nitrogen and oxygen atoms in total. The Morgan fingerprint density at radius 1 is 1.21 bits per heavy atom. The highest BCUT2D eigenvalue weighted by Gasteiger charge is 2.23. The molecule has 0 amide bonds. The van der Waals surface area contributed by atoms with E-state index in [9.17, 15) is 4.39 Å². The normalized spacial score (nSPS) is 14.1. The number of benzene rings is 1. The van der Waals surface area contributed by atoms with Gasteiger partial charge in [0, 0.05) is 24.0 Å². The van der Waals surface area contributed by atoms with Gasteiger partial charge in [-0.1, -0.05) is 36.9 Å². The van der Waals surface area contributed by atoms with Crippen molar-refractivity contribution in [3.63, 3.8) is 0 Å². The van der Waals surface area contributed by atoms with E-state index in [1.165, 1.54) is 17.8 Å². The Kier molecular flexibility index (Phi) is 4.87. The Balaban J connectivity index is 2.29. The summed E-state index contributed by atoms with van der Waals surface area (Å²) in [6.45, 7) is 1.99. The second kappa shape index (κ2) is 6.63. The highest BCUT2D eigenvalue weighted by atomic mass is 32.2. The molecule has 5 heteroatoms. The monoisotopic (exact) mass is 277 g/mol. The summed E-state index contributed by atoms with van der Waals surface area (Å²) in [7, 11) is 0. The molecule has 0 aliphatic carbocycles. The molecule has 1 heterocycles. The summed E-state index contributed by atoms with van der Waals surface area (Å²) in [6, 6.07) is 8.33. The highest BCUT2D eigenvalue weighted by Crippen LogP contribution is 2.37. The van der Waals surface area contributed by atoms with Gasteiger partial charge >= 0.3 is 0 Å². The summed E-state index contributed by atoms with van der Waals surface area (Å²) in [5.41, 5.74) is 6.73. The summed E-state index contributed by atoms with van der Waals surface area (Å²) in [4.78, 5) is 8.33. The molecule has 2 aromatic rings. The van der Waals surface area contributed by atoms with Crippen LogP contribution < -0.4 is 5.73 Å². The van der Waals surface area contributed by atoms with Gasteiger partial charge in [-0.25, -0.2) is 14.4 Å². The summed E-state index contributed by atoms with van der Waals surface area (Å²) < 4.78 is 13.9. The fourth-order valence-corrected chi connectivity index (χ4v) is 2.92. The largest absolute Gasteiger partial charge is 0.326 e. The average Bonchev–Trinajstić information content (AvgIpc) is 2.46. The molecule has 2 atom stereocenters. The fraction of sp³-hybridized carbons (Fsp3) is 0.286. The van der Waals surface area contributed by atoms with Crippen molar-refractivity contribution < 1.29 is 4.39 Å². The van der Waals surface area contributed by atoms with Crippen LogP contribution in [0.1, 0.15) is 24.2 Å². The standard InChI is InChI=1S/C14H16FN3S/c1-2-12(16)13(10-6-3-4-7-11(10)15)19-14-17-8-5-9-18-14/h3-9,12-13H,2,16H2,1H3. The fourth-order valence-electron chi connectivity index (χ4n) is 1.76. The van der Waals surface area contributed by atoms with Crippen molar-refractivity contribution in [2.45, 2.75) is 29.8 Å². The Labute approximate surface area is 116 Å². The first kappa shape index (κ1) is 14.0. The second-order valence-corrected chi connectivity index (χ2v) is 5.27. The van der Waals surface area contributed by atoms with E-state index in [0.29, 0.717) is 10.7 Å². The van der Waals surface area contributed by atoms with Crippen molar-refractivity contribution in [2.75, 3.05) is 0 Å². The molecule has 0 aliphatic rings. The molecule has 0 saturated carbocycles. The number of halogens is 1. The summed E-state index contributed by atoms with van der Waals surface area (Å²) >= 11 is 1.40. The Bertz CT molecular complexity index is 521. The van der Waals surface area contributed by atoms with Crippen LogP contribution in [0.4, 0.5) is 4.39 Å². The minimum atomic E-state index is -0.236. The molecular weight excluding hydrogens is 261 g/mol. The van der Waals surface area contributed by atoms with Gasteiger partial charge in [0.1, 0.15) is 5.82 Å². The van der Waals surface area contributed by atoms with E-state index >= 15 is 0 Å². The van der Waals surface area contributed by atoms with Crippen molar-refractivity contribution in [3.05, 3.63) is 54.1 Å². The van der Waals surface area contributed by atoms with Crippen LogP contribution in [0, 0.1) is 5.82 Å². The molecule has 1 aromatic heterocycles. The number of hydrogen-bond acceptors (Lipinski definition) is 4. The quantitative estimate of drug-likeness (QED) is 0.673. The molecule has 2 N–H and O–H groups in total. The molecule has 0 aliphatic heterocycles. The topological polar surface area (TPSA) is 51.8 Å². The lowest BCUT2D eigenvalue weighted by Gasteiger charge is -2.22. The van der Waals surface area contributed by atoms with Crippen LogP contribution in [-0.2, 0) is 0 Å². The Morgan fingerprint density at radius 2 is 1.89 bits per heavy atom. The second-order valence-electron chi connectivity index (χ2n) is 4.16. The zero-order valence-electron chi connectivity index (χ0n) is 10.7. The molecule has 0 radical (unpaired) electrons. The van der Waals surface area contributed by atoms with E-state index < -0.39 is 0 Å². The predicted molar refractivity (Wildman–Crippen MR) is 75.3 cm³/mol. The Morgan fingerprint density at radius 3 is 2.53 bits per heavy atom. The van der Waals surface area contributed by atoms with Crippen LogP contribution in [0.25, 0.3) is 0 Å². The lowest BCUT2D eigenvalue weighted by Crippen LogP contribution is -2.26. The minimum Gasteiger partial charge on any atom is -0.326 e. The van der Waals surface area contributed by atoms with Gasteiger partial charge in [-0.15, -0.1) is 0 Å². The van der Waals surface area contributed by atoms with Gasteiger partial charge in [-0.3, -0.25) is 0 Å². The van der Waals surface area contributed by atoms with Crippen molar-refractivity contribution in [3.8, 4) is 0 Å². The summed E-state index contributed by atoms with van der Waals surface area (Å²) in [5, 5.41) is 0.424. The number of hydrogen-bond donors (Lipinski definition) is 1. The van der Waals surface area contributed by atoms with Crippen LogP contribution in [0.5, 0.6) is 0 Å². The van der Waals surface area contributed by atoms with Crippen LogP contribution in [0.2, 0.25) is 0 Å². The maximum absolute atomic E-state index is 13.9. The molecule has 0 saturated heterocycles. The summed E-state index contributed by atoms with van der Waals surface area (Å²) in [6.07, 6.45) is 4.11. The van der Waals surface area contributed by atoms with Gasteiger partial charge in [0.25, 0.3) is 0 Å². The van der Waals surface area contributed by atoms with Crippen LogP contribution in [0.3, 0.4) is 0 Å². The first-order valence-electron chi connectivity index (χ1n) is 6.16. The zero-order chi connectivity index (χ0) is 13.7. The van der Waals surface area contributed by atoms with E-state index in [1.54, 1.807) is 30.6 Å². The van der Waals surface area contributed by atoms with E-state index in [1.807, 2.05) is 13.0 Å². The molecule has 100 valence electrons. The maximum atomic E-state index is 13.9. The number of rotatable bonds is 5. The first-order chi connectivity index (χ1) is 9.22. The smallest absolute Gasteiger partial charge is 0.188 e. The molecule has 2 unspecified atom stereocenters. The molecular formula is C14H16FN3S. The highest BCUT2D eigenvalue weighted by molar-refractivity contribution is 7.99. The molecule has 0 fully saturated rings. The van der Waals surface area contributed by atoms with Gasteiger partial charge in [0.2, 0.25) is 0 Å². The number of nitrogens with two attached hydrogens (primary N) is 1. The van der Waals surface area contributed by atoms with Crippen molar-refractivity contribution in [1.82, 2.24) is 9.97 Å². The van der Waals surface area contributed by atoms with Crippen LogP contribution in [-0.4, -0.2) is 16.0 Å². The van der Waals surface area contributed by atoms with E-state index in [4.69, 9.17) is 5.73 Å². The third-order valence-electron chi connectivity index (χ3n) is 2.85. The third-order valence-corrected chi connectivity index (χ3v) is 4.13.